The molecule has 1 heterocycles. The average molecular weight is 341 g/mol. The lowest BCUT2D eigenvalue weighted by Gasteiger charge is -2.44. The summed E-state index contributed by atoms with van der Waals surface area (Å²) in [5.74, 6) is 0.112. The second kappa shape index (κ2) is 7.70. The first kappa shape index (κ1) is 19.0. The molecule has 7 heteroatoms. The highest BCUT2D eigenvalue weighted by molar-refractivity contribution is 5.74. The van der Waals surface area contributed by atoms with Gasteiger partial charge in [-0.3, -0.25) is 5.32 Å². The van der Waals surface area contributed by atoms with Crippen LogP contribution in [0.3, 0.4) is 0 Å². The number of carbonyl (C=O) groups excluding carboxylic acids is 2. The van der Waals surface area contributed by atoms with Crippen molar-refractivity contribution in [2.75, 3.05) is 27.4 Å². The van der Waals surface area contributed by atoms with E-state index in [0.717, 1.165) is 25.7 Å². The van der Waals surface area contributed by atoms with Crippen molar-refractivity contribution in [3.05, 3.63) is 0 Å². The zero-order valence-corrected chi connectivity index (χ0v) is 15.5. The van der Waals surface area contributed by atoms with Crippen LogP contribution < -0.4 is 5.32 Å². The summed E-state index contributed by atoms with van der Waals surface area (Å²) >= 11 is 0. The fourth-order valence-corrected chi connectivity index (χ4v) is 3.43. The van der Waals surface area contributed by atoms with Crippen molar-refractivity contribution < 1.29 is 19.1 Å². The molecule has 0 bridgehead atoms. The molecule has 0 aromatic carbocycles. The number of hydrogen-bond acceptors (Lipinski definition) is 5. The van der Waals surface area contributed by atoms with Gasteiger partial charge in [-0.1, -0.05) is 0 Å². The highest BCUT2D eigenvalue weighted by Crippen LogP contribution is 2.30. The molecule has 1 saturated carbocycles. The maximum atomic E-state index is 12.1. The van der Waals surface area contributed by atoms with Crippen molar-refractivity contribution in [3.63, 3.8) is 0 Å². The van der Waals surface area contributed by atoms with E-state index < -0.39 is 5.60 Å². The van der Waals surface area contributed by atoms with E-state index >= 15 is 0 Å². The third kappa shape index (κ3) is 5.08. The van der Waals surface area contributed by atoms with Crippen LogP contribution in [0.15, 0.2) is 0 Å². The molecule has 7 nitrogen and oxygen atoms in total. The van der Waals surface area contributed by atoms with Gasteiger partial charge < -0.3 is 19.3 Å². The summed E-state index contributed by atoms with van der Waals surface area (Å²) in [5.41, 5.74) is -0.477. The number of carbonyl (C=O) groups is 2. The molecular weight excluding hydrogens is 310 g/mol. The van der Waals surface area contributed by atoms with Gasteiger partial charge in [0.1, 0.15) is 12.2 Å². The quantitative estimate of drug-likeness (QED) is 0.789. The standard InChI is InChI=1S/C17H31N3O4/c1-17(2,3)24-14(21)10-23-13-8-6-12(7-9-13)15-18-11-19(4)16(22)20(15)5/h12-13,15,18H,6-11H2,1-5H3. The van der Waals surface area contributed by atoms with Gasteiger partial charge in [-0.25, -0.2) is 9.59 Å². The Hall–Kier alpha value is -1.34. The van der Waals surface area contributed by atoms with Gasteiger partial charge in [0, 0.05) is 14.1 Å². The molecule has 2 rings (SSSR count). The Balaban J connectivity index is 1.74. The van der Waals surface area contributed by atoms with Crippen LogP contribution in [0, 0.1) is 5.92 Å². The Bertz CT molecular complexity index is 455. The summed E-state index contributed by atoms with van der Waals surface area (Å²) in [6.45, 7) is 6.15. The number of urea groups is 1. The monoisotopic (exact) mass is 341 g/mol. The lowest BCUT2D eigenvalue weighted by molar-refractivity contribution is -0.163. The smallest absolute Gasteiger partial charge is 0.332 e. The molecule has 24 heavy (non-hydrogen) atoms. The molecule has 1 N–H and O–H groups in total. The van der Waals surface area contributed by atoms with E-state index in [4.69, 9.17) is 9.47 Å². The van der Waals surface area contributed by atoms with Gasteiger partial charge in [0.15, 0.2) is 0 Å². The number of nitrogens with zero attached hydrogens (tertiary/aromatic N) is 2. The Kier molecular flexibility index (Phi) is 6.09. The van der Waals surface area contributed by atoms with Crippen LogP contribution in [-0.2, 0) is 14.3 Å². The number of esters is 1. The van der Waals surface area contributed by atoms with Crippen LogP contribution in [0.4, 0.5) is 4.79 Å². The number of rotatable bonds is 4. The fourth-order valence-electron chi connectivity index (χ4n) is 3.43. The number of hydrogen-bond donors (Lipinski definition) is 1. The van der Waals surface area contributed by atoms with Crippen LogP contribution in [0.25, 0.3) is 0 Å². The number of ether oxygens (including phenoxy) is 2. The third-order valence-electron chi connectivity index (χ3n) is 4.61. The van der Waals surface area contributed by atoms with Crippen LogP contribution in [-0.4, -0.2) is 67.0 Å². The van der Waals surface area contributed by atoms with E-state index in [1.54, 1.807) is 16.8 Å². The minimum atomic E-state index is -0.477. The van der Waals surface area contributed by atoms with E-state index in [1.165, 1.54) is 0 Å². The molecule has 1 unspecified atom stereocenters. The largest absolute Gasteiger partial charge is 0.458 e. The lowest BCUT2D eigenvalue weighted by atomic mass is 9.84. The van der Waals surface area contributed by atoms with Crippen LogP contribution >= 0.6 is 0 Å². The molecule has 138 valence electrons. The third-order valence-corrected chi connectivity index (χ3v) is 4.61. The number of amides is 2. The molecule has 0 aromatic heterocycles. The molecule has 1 saturated heterocycles. The van der Waals surface area contributed by atoms with E-state index in [9.17, 15) is 9.59 Å². The molecule has 2 amide bonds. The van der Waals surface area contributed by atoms with Crippen molar-refractivity contribution in [1.29, 1.82) is 0 Å². The van der Waals surface area contributed by atoms with Gasteiger partial charge in [-0.15, -0.1) is 0 Å². The first-order chi connectivity index (χ1) is 11.2. The van der Waals surface area contributed by atoms with E-state index in [2.05, 4.69) is 5.32 Å². The summed E-state index contributed by atoms with van der Waals surface area (Å²) in [5, 5.41) is 3.43. The normalized spacial score (nSPS) is 28.9. The maximum absolute atomic E-state index is 12.1. The second-order valence-electron chi connectivity index (χ2n) is 7.83. The van der Waals surface area contributed by atoms with Crippen molar-refractivity contribution in [2.24, 2.45) is 5.92 Å². The Morgan fingerprint density at radius 3 is 2.42 bits per heavy atom. The average Bonchev–Trinajstić information content (AvgIpc) is 2.50. The van der Waals surface area contributed by atoms with Crippen molar-refractivity contribution in [3.8, 4) is 0 Å². The van der Waals surface area contributed by atoms with Crippen molar-refractivity contribution in [2.45, 2.75) is 64.3 Å². The number of nitrogens with one attached hydrogen (secondary N) is 1. The van der Waals surface area contributed by atoms with Crippen molar-refractivity contribution in [1.82, 2.24) is 15.1 Å². The highest BCUT2D eigenvalue weighted by Gasteiger charge is 2.36. The zero-order valence-electron chi connectivity index (χ0n) is 15.5. The van der Waals surface area contributed by atoms with Gasteiger partial charge in [0.2, 0.25) is 0 Å². The summed E-state index contributed by atoms with van der Waals surface area (Å²) in [6.07, 6.45) is 3.96. The van der Waals surface area contributed by atoms with Gasteiger partial charge in [-0.05, 0) is 52.4 Å². The Morgan fingerprint density at radius 1 is 1.21 bits per heavy atom. The van der Waals surface area contributed by atoms with Gasteiger partial charge in [-0.2, -0.15) is 0 Å². The predicted octanol–water partition coefficient (Wildman–Crippen LogP) is 1.77. The first-order valence-electron chi connectivity index (χ1n) is 8.72. The molecule has 2 fully saturated rings. The van der Waals surface area contributed by atoms with Gasteiger partial charge >= 0.3 is 12.0 Å². The molecule has 0 radical (unpaired) electrons. The summed E-state index contributed by atoms with van der Waals surface area (Å²) in [7, 11) is 3.64. The zero-order chi connectivity index (χ0) is 17.9. The fraction of sp³-hybridized carbons (Fsp3) is 0.882. The Labute approximate surface area is 144 Å². The molecule has 0 spiro atoms. The SMILES string of the molecule is CN1CNC(C2CCC(OCC(=O)OC(C)(C)C)CC2)N(C)C1=O. The maximum Gasteiger partial charge on any atom is 0.332 e. The summed E-state index contributed by atoms with van der Waals surface area (Å²) in [6, 6.07) is 0.0575. The van der Waals surface area contributed by atoms with Crippen molar-refractivity contribution >= 4 is 12.0 Å². The lowest BCUT2D eigenvalue weighted by Crippen LogP contribution is -2.62. The van der Waals surface area contributed by atoms with Crippen LogP contribution in [0.2, 0.25) is 0 Å². The minimum absolute atomic E-state index is 0.0114. The molecule has 0 aromatic rings. The Morgan fingerprint density at radius 2 is 1.83 bits per heavy atom. The topological polar surface area (TPSA) is 71.1 Å². The van der Waals surface area contributed by atoms with E-state index in [0.29, 0.717) is 12.6 Å². The first-order valence-corrected chi connectivity index (χ1v) is 8.72. The predicted molar refractivity (Wildman–Crippen MR) is 90.3 cm³/mol. The van der Waals surface area contributed by atoms with E-state index in [-0.39, 0.29) is 30.9 Å². The van der Waals surface area contributed by atoms with E-state index in [1.807, 2.05) is 27.8 Å². The van der Waals surface area contributed by atoms with Crippen LogP contribution in [0.5, 0.6) is 0 Å². The van der Waals surface area contributed by atoms with Gasteiger partial charge in [0.05, 0.1) is 18.9 Å². The highest BCUT2D eigenvalue weighted by atomic mass is 16.6. The molecule has 1 atom stereocenters. The summed E-state index contributed by atoms with van der Waals surface area (Å²) in [4.78, 5) is 27.2. The van der Waals surface area contributed by atoms with Crippen LogP contribution in [0.1, 0.15) is 46.5 Å². The molecular formula is C17H31N3O4. The molecule has 1 aliphatic carbocycles. The molecule has 2 aliphatic rings. The minimum Gasteiger partial charge on any atom is -0.458 e. The second-order valence-corrected chi connectivity index (χ2v) is 7.83. The summed E-state index contributed by atoms with van der Waals surface area (Å²) < 4.78 is 11.0. The van der Waals surface area contributed by atoms with Gasteiger partial charge in [0.25, 0.3) is 0 Å². The molecule has 1 aliphatic heterocycles.